The van der Waals surface area contributed by atoms with Crippen LogP contribution in [0.25, 0.3) is 0 Å². The van der Waals surface area contributed by atoms with E-state index in [0.717, 1.165) is 24.8 Å². The molecule has 0 spiro atoms. The smallest absolute Gasteiger partial charge is 0.0630 e. The van der Waals surface area contributed by atoms with Gasteiger partial charge in [-0.1, -0.05) is 13.8 Å². The molecule has 1 aromatic heterocycles. The molecule has 2 aliphatic rings. The lowest BCUT2D eigenvalue weighted by Gasteiger charge is -2.30. The molecule has 0 aromatic carbocycles. The molecular weight excluding hydrogens is 246 g/mol. The number of nitrogens with one attached hydrogen (secondary N) is 1. The summed E-state index contributed by atoms with van der Waals surface area (Å²) < 4.78 is 2.19. The summed E-state index contributed by atoms with van der Waals surface area (Å²) in [6.45, 7) is 5.66. The molecule has 0 bridgehead atoms. The molecule has 2 aliphatic carbocycles. The normalized spacial score (nSPS) is 31.8. The van der Waals surface area contributed by atoms with Crippen molar-refractivity contribution in [1.82, 2.24) is 15.1 Å². The van der Waals surface area contributed by atoms with Crippen molar-refractivity contribution in [3.63, 3.8) is 0 Å². The van der Waals surface area contributed by atoms with Gasteiger partial charge in [-0.2, -0.15) is 5.10 Å². The SMILES string of the molecule is CCC(CC)n1ccc(CC2(CNC)CC3CC3C2)n1. The molecule has 2 atom stereocenters. The molecule has 0 aliphatic heterocycles. The lowest BCUT2D eigenvalue weighted by Crippen LogP contribution is -2.33. The van der Waals surface area contributed by atoms with Crippen LogP contribution in [0.2, 0.25) is 0 Å². The van der Waals surface area contributed by atoms with E-state index in [2.05, 4.69) is 43.2 Å². The molecule has 112 valence electrons. The third-order valence-electron chi connectivity index (χ3n) is 5.55. The molecule has 2 unspecified atom stereocenters. The lowest BCUT2D eigenvalue weighted by atomic mass is 9.78. The molecular formula is C17H29N3. The molecule has 2 saturated carbocycles. The highest BCUT2D eigenvalue weighted by molar-refractivity contribution is 5.11. The number of fused-ring (bicyclic) bond motifs is 1. The van der Waals surface area contributed by atoms with Crippen molar-refractivity contribution in [2.45, 2.75) is 58.4 Å². The highest BCUT2D eigenvalue weighted by Crippen LogP contribution is 2.60. The van der Waals surface area contributed by atoms with Crippen LogP contribution in [-0.2, 0) is 6.42 Å². The average molecular weight is 275 g/mol. The van der Waals surface area contributed by atoms with Crippen molar-refractivity contribution in [3.05, 3.63) is 18.0 Å². The van der Waals surface area contributed by atoms with Gasteiger partial charge in [-0.3, -0.25) is 4.68 Å². The Morgan fingerprint density at radius 1 is 1.35 bits per heavy atom. The highest BCUT2D eigenvalue weighted by atomic mass is 15.3. The quantitative estimate of drug-likeness (QED) is 0.826. The Bertz CT molecular complexity index is 437. The summed E-state index contributed by atoms with van der Waals surface area (Å²) >= 11 is 0. The topological polar surface area (TPSA) is 29.9 Å². The standard InChI is InChI=1S/C17H29N3/c1-4-16(5-2)20-7-6-15(19-20)11-17(12-18-3)9-13-8-14(13)10-17/h6-7,13-14,16,18H,4-5,8-12H2,1-3H3. The Balaban J connectivity index is 1.69. The van der Waals surface area contributed by atoms with Gasteiger partial charge in [-0.25, -0.2) is 0 Å². The summed E-state index contributed by atoms with van der Waals surface area (Å²) in [5, 5.41) is 8.30. The van der Waals surface area contributed by atoms with E-state index in [1.54, 1.807) is 0 Å². The first kappa shape index (κ1) is 14.1. The van der Waals surface area contributed by atoms with Crippen LogP contribution in [0, 0.1) is 17.3 Å². The summed E-state index contributed by atoms with van der Waals surface area (Å²) in [4.78, 5) is 0. The maximum atomic E-state index is 4.87. The van der Waals surface area contributed by atoms with E-state index in [9.17, 15) is 0 Å². The Morgan fingerprint density at radius 2 is 2.05 bits per heavy atom. The highest BCUT2D eigenvalue weighted by Gasteiger charge is 2.53. The molecule has 1 aromatic rings. The summed E-state index contributed by atoms with van der Waals surface area (Å²) in [5.41, 5.74) is 1.78. The van der Waals surface area contributed by atoms with Gasteiger partial charge >= 0.3 is 0 Å². The first-order valence-corrected chi connectivity index (χ1v) is 8.38. The van der Waals surface area contributed by atoms with Gasteiger partial charge in [0.1, 0.15) is 0 Å². The molecule has 3 rings (SSSR count). The Hall–Kier alpha value is -0.830. The summed E-state index contributed by atoms with van der Waals surface area (Å²) in [5.74, 6) is 2.06. The van der Waals surface area contributed by atoms with Crippen LogP contribution in [-0.4, -0.2) is 23.4 Å². The second-order valence-corrected chi connectivity index (χ2v) is 7.13. The number of aromatic nitrogens is 2. The van der Waals surface area contributed by atoms with Crippen molar-refractivity contribution in [3.8, 4) is 0 Å². The van der Waals surface area contributed by atoms with Crippen molar-refractivity contribution >= 4 is 0 Å². The third kappa shape index (κ3) is 2.65. The number of rotatable bonds is 7. The van der Waals surface area contributed by atoms with Gasteiger partial charge in [0.25, 0.3) is 0 Å². The van der Waals surface area contributed by atoms with E-state index in [4.69, 9.17) is 5.10 Å². The fourth-order valence-corrected chi connectivity index (χ4v) is 4.45. The van der Waals surface area contributed by atoms with E-state index in [1.807, 2.05) is 0 Å². The Kier molecular flexibility index (Phi) is 3.89. The van der Waals surface area contributed by atoms with Gasteiger partial charge < -0.3 is 5.32 Å². The van der Waals surface area contributed by atoms with Gasteiger partial charge in [-0.15, -0.1) is 0 Å². The molecule has 3 heteroatoms. The largest absolute Gasteiger partial charge is 0.319 e. The van der Waals surface area contributed by atoms with Crippen LogP contribution >= 0.6 is 0 Å². The zero-order valence-electron chi connectivity index (χ0n) is 13.2. The molecule has 0 radical (unpaired) electrons. The van der Waals surface area contributed by atoms with Gasteiger partial charge in [-0.05, 0) is 68.9 Å². The van der Waals surface area contributed by atoms with Crippen LogP contribution in [0.4, 0.5) is 0 Å². The predicted octanol–water partition coefficient (Wildman–Crippen LogP) is 3.42. The second-order valence-electron chi connectivity index (χ2n) is 7.13. The first-order valence-electron chi connectivity index (χ1n) is 8.38. The Morgan fingerprint density at radius 3 is 2.65 bits per heavy atom. The fourth-order valence-electron chi connectivity index (χ4n) is 4.45. The summed E-state index contributed by atoms with van der Waals surface area (Å²) in [6.07, 6.45) is 10.0. The first-order chi connectivity index (χ1) is 9.69. The van der Waals surface area contributed by atoms with Gasteiger partial charge in [0.15, 0.2) is 0 Å². The molecule has 0 saturated heterocycles. The molecule has 2 fully saturated rings. The molecule has 20 heavy (non-hydrogen) atoms. The average Bonchev–Trinajstić information content (AvgIpc) is 2.85. The molecule has 0 amide bonds. The van der Waals surface area contributed by atoms with Crippen molar-refractivity contribution in [2.24, 2.45) is 17.3 Å². The molecule has 1 N–H and O–H groups in total. The van der Waals surface area contributed by atoms with Crippen LogP contribution in [0.15, 0.2) is 12.3 Å². The maximum absolute atomic E-state index is 4.87. The van der Waals surface area contributed by atoms with Crippen LogP contribution in [0.1, 0.15) is 57.7 Å². The molecule has 1 heterocycles. The second kappa shape index (κ2) is 5.51. The minimum absolute atomic E-state index is 0.482. The van der Waals surface area contributed by atoms with E-state index in [-0.39, 0.29) is 0 Å². The summed E-state index contributed by atoms with van der Waals surface area (Å²) in [7, 11) is 2.09. The van der Waals surface area contributed by atoms with Crippen LogP contribution in [0.5, 0.6) is 0 Å². The van der Waals surface area contributed by atoms with E-state index in [0.29, 0.717) is 11.5 Å². The Labute approximate surface area is 123 Å². The van der Waals surface area contributed by atoms with Gasteiger partial charge in [0, 0.05) is 12.7 Å². The minimum Gasteiger partial charge on any atom is -0.319 e. The van der Waals surface area contributed by atoms with Crippen molar-refractivity contribution in [1.29, 1.82) is 0 Å². The maximum Gasteiger partial charge on any atom is 0.0630 e. The number of hydrogen-bond acceptors (Lipinski definition) is 2. The monoisotopic (exact) mass is 275 g/mol. The van der Waals surface area contributed by atoms with Gasteiger partial charge in [0.05, 0.1) is 11.7 Å². The lowest BCUT2D eigenvalue weighted by molar-refractivity contribution is 0.251. The molecule has 3 nitrogen and oxygen atoms in total. The zero-order valence-corrected chi connectivity index (χ0v) is 13.2. The minimum atomic E-state index is 0.482. The number of nitrogens with zero attached hydrogens (tertiary/aromatic N) is 2. The van der Waals surface area contributed by atoms with Crippen molar-refractivity contribution < 1.29 is 0 Å². The zero-order chi connectivity index (χ0) is 14.2. The van der Waals surface area contributed by atoms with Gasteiger partial charge in [0.2, 0.25) is 0 Å². The van der Waals surface area contributed by atoms with Crippen molar-refractivity contribution in [2.75, 3.05) is 13.6 Å². The van der Waals surface area contributed by atoms with E-state index >= 15 is 0 Å². The van der Waals surface area contributed by atoms with E-state index < -0.39 is 0 Å². The van der Waals surface area contributed by atoms with E-state index in [1.165, 1.54) is 37.8 Å². The third-order valence-corrected chi connectivity index (χ3v) is 5.55. The van der Waals surface area contributed by atoms with Crippen LogP contribution in [0.3, 0.4) is 0 Å². The fraction of sp³-hybridized carbons (Fsp3) is 0.824. The van der Waals surface area contributed by atoms with Crippen LogP contribution < -0.4 is 5.32 Å². The number of hydrogen-bond donors (Lipinski definition) is 1. The summed E-state index contributed by atoms with van der Waals surface area (Å²) in [6, 6.07) is 2.82. The predicted molar refractivity (Wildman–Crippen MR) is 82.7 cm³/mol.